The molecule has 32 heavy (non-hydrogen) atoms. The summed E-state index contributed by atoms with van der Waals surface area (Å²) in [6, 6.07) is 12.9. The Morgan fingerprint density at radius 3 is 2.28 bits per heavy atom. The van der Waals surface area contributed by atoms with Gasteiger partial charge in [0.1, 0.15) is 17.2 Å². The number of amides is 2. The maximum absolute atomic E-state index is 12.2. The summed E-state index contributed by atoms with van der Waals surface area (Å²) in [6.07, 6.45) is 0. The third-order valence-corrected chi connectivity index (χ3v) is 5.37. The summed E-state index contributed by atoms with van der Waals surface area (Å²) in [5.41, 5.74) is 1.49. The number of nitrogens with zero attached hydrogens (tertiary/aromatic N) is 2. The van der Waals surface area contributed by atoms with Gasteiger partial charge in [-0.25, -0.2) is 0 Å². The van der Waals surface area contributed by atoms with E-state index < -0.39 is 11.8 Å². The number of carbonyl (C=O) groups is 2. The van der Waals surface area contributed by atoms with Crippen molar-refractivity contribution >= 4 is 23.2 Å². The zero-order valence-electron chi connectivity index (χ0n) is 18.7. The zero-order valence-corrected chi connectivity index (χ0v) is 18.7. The number of benzene rings is 2. The molecule has 3 rings (SSSR count). The number of carbonyl (C=O) groups excluding carboxylic acids is 2. The SMILES string of the molecule is COc1ccc(NC(=O)C(=O)NCCN2CCN(c3ccccc3OC)CC2)c(OC)c1. The fourth-order valence-electron chi connectivity index (χ4n) is 3.59. The van der Waals surface area contributed by atoms with Gasteiger partial charge in [0.05, 0.1) is 32.7 Å². The Hall–Kier alpha value is -3.46. The number of rotatable bonds is 8. The molecule has 0 saturated carbocycles. The molecule has 0 spiro atoms. The van der Waals surface area contributed by atoms with Crippen LogP contribution in [-0.4, -0.2) is 77.3 Å². The van der Waals surface area contributed by atoms with Crippen molar-refractivity contribution in [1.29, 1.82) is 0 Å². The Morgan fingerprint density at radius 2 is 1.59 bits per heavy atom. The van der Waals surface area contributed by atoms with Crippen molar-refractivity contribution in [1.82, 2.24) is 10.2 Å². The van der Waals surface area contributed by atoms with Crippen LogP contribution >= 0.6 is 0 Å². The summed E-state index contributed by atoms with van der Waals surface area (Å²) in [6.45, 7) is 4.52. The number of piperazine rings is 1. The van der Waals surface area contributed by atoms with Gasteiger partial charge >= 0.3 is 11.8 Å². The second-order valence-electron chi connectivity index (χ2n) is 7.28. The summed E-state index contributed by atoms with van der Waals surface area (Å²) in [5, 5.41) is 5.25. The standard InChI is InChI=1S/C23H30N4O5/c1-30-17-8-9-18(21(16-17)32-3)25-23(29)22(28)24-10-11-26-12-14-27(15-13-26)19-6-4-5-7-20(19)31-2/h4-9,16H,10-15H2,1-3H3,(H,24,28)(H,25,29). The Kier molecular flexibility index (Phi) is 8.15. The maximum atomic E-state index is 12.2. The first-order valence-electron chi connectivity index (χ1n) is 10.5. The molecule has 1 aliphatic rings. The summed E-state index contributed by atoms with van der Waals surface area (Å²) < 4.78 is 15.8. The number of para-hydroxylation sites is 2. The van der Waals surface area contributed by atoms with Crippen molar-refractivity contribution in [3.63, 3.8) is 0 Å². The predicted octanol–water partition coefficient (Wildman–Crippen LogP) is 1.59. The molecule has 9 heteroatoms. The minimum absolute atomic E-state index is 0.390. The van der Waals surface area contributed by atoms with Crippen LogP contribution in [0.3, 0.4) is 0 Å². The van der Waals surface area contributed by atoms with E-state index in [4.69, 9.17) is 14.2 Å². The van der Waals surface area contributed by atoms with Gasteiger partial charge in [0, 0.05) is 45.3 Å². The molecule has 1 fully saturated rings. The minimum Gasteiger partial charge on any atom is -0.497 e. The summed E-state index contributed by atoms with van der Waals surface area (Å²) >= 11 is 0. The molecular formula is C23H30N4O5. The van der Waals surface area contributed by atoms with Crippen LogP contribution in [0.15, 0.2) is 42.5 Å². The van der Waals surface area contributed by atoms with E-state index in [0.717, 1.165) is 37.6 Å². The van der Waals surface area contributed by atoms with Gasteiger partial charge in [-0.3, -0.25) is 14.5 Å². The van der Waals surface area contributed by atoms with E-state index in [0.29, 0.717) is 30.3 Å². The highest BCUT2D eigenvalue weighted by Crippen LogP contribution is 2.29. The molecule has 172 valence electrons. The molecule has 9 nitrogen and oxygen atoms in total. The molecular weight excluding hydrogens is 412 g/mol. The summed E-state index contributed by atoms with van der Waals surface area (Å²) in [4.78, 5) is 29.0. The quantitative estimate of drug-likeness (QED) is 0.600. The largest absolute Gasteiger partial charge is 0.497 e. The lowest BCUT2D eigenvalue weighted by molar-refractivity contribution is -0.136. The van der Waals surface area contributed by atoms with E-state index in [-0.39, 0.29) is 0 Å². The van der Waals surface area contributed by atoms with Crippen molar-refractivity contribution in [2.75, 3.05) is 70.8 Å². The first-order valence-corrected chi connectivity index (χ1v) is 10.5. The lowest BCUT2D eigenvalue weighted by atomic mass is 10.2. The van der Waals surface area contributed by atoms with Crippen LogP contribution in [0.1, 0.15) is 0 Å². The van der Waals surface area contributed by atoms with Crippen molar-refractivity contribution in [2.45, 2.75) is 0 Å². The van der Waals surface area contributed by atoms with Crippen LogP contribution in [0.25, 0.3) is 0 Å². The Balaban J connectivity index is 1.42. The molecule has 0 aliphatic carbocycles. The van der Waals surface area contributed by atoms with Gasteiger partial charge in [-0.15, -0.1) is 0 Å². The van der Waals surface area contributed by atoms with Crippen molar-refractivity contribution in [3.8, 4) is 17.2 Å². The molecule has 0 bridgehead atoms. The molecule has 1 heterocycles. The molecule has 1 aliphatic heterocycles. The second kappa shape index (κ2) is 11.2. The smallest absolute Gasteiger partial charge is 0.313 e. The Labute approximate surface area is 188 Å². The zero-order chi connectivity index (χ0) is 22.9. The number of hydrogen-bond acceptors (Lipinski definition) is 7. The second-order valence-corrected chi connectivity index (χ2v) is 7.28. The third kappa shape index (κ3) is 5.82. The molecule has 1 saturated heterocycles. The predicted molar refractivity (Wildman–Crippen MR) is 123 cm³/mol. The molecule has 2 N–H and O–H groups in total. The van der Waals surface area contributed by atoms with E-state index in [9.17, 15) is 9.59 Å². The molecule has 2 aromatic rings. The Bertz CT molecular complexity index is 928. The highest BCUT2D eigenvalue weighted by Gasteiger charge is 2.20. The van der Waals surface area contributed by atoms with Crippen LogP contribution in [0.4, 0.5) is 11.4 Å². The fraction of sp³-hybridized carbons (Fsp3) is 0.391. The van der Waals surface area contributed by atoms with E-state index in [2.05, 4.69) is 26.5 Å². The van der Waals surface area contributed by atoms with Crippen LogP contribution in [0, 0.1) is 0 Å². The van der Waals surface area contributed by atoms with E-state index in [1.54, 1.807) is 32.4 Å². The van der Waals surface area contributed by atoms with Crippen molar-refractivity contribution < 1.29 is 23.8 Å². The first kappa shape index (κ1) is 23.2. The summed E-state index contributed by atoms with van der Waals surface area (Å²) in [5.74, 6) is 0.450. The van der Waals surface area contributed by atoms with Gasteiger partial charge < -0.3 is 29.7 Å². The monoisotopic (exact) mass is 442 g/mol. The number of anilines is 2. The molecule has 2 amide bonds. The van der Waals surface area contributed by atoms with Crippen LogP contribution < -0.4 is 29.7 Å². The van der Waals surface area contributed by atoms with E-state index >= 15 is 0 Å². The van der Waals surface area contributed by atoms with Gasteiger partial charge in [-0.2, -0.15) is 0 Å². The first-order chi connectivity index (χ1) is 15.5. The van der Waals surface area contributed by atoms with Gasteiger partial charge in [0.25, 0.3) is 0 Å². The topological polar surface area (TPSA) is 92.4 Å². The highest BCUT2D eigenvalue weighted by atomic mass is 16.5. The number of ether oxygens (including phenoxy) is 3. The molecule has 0 radical (unpaired) electrons. The van der Waals surface area contributed by atoms with E-state index in [1.165, 1.54) is 7.11 Å². The average Bonchev–Trinajstić information content (AvgIpc) is 2.84. The van der Waals surface area contributed by atoms with Gasteiger partial charge in [0.15, 0.2) is 0 Å². The maximum Gasteiger partial charge on any atom is 0.313 e. The fourth-order valence-corrected chi connectivity index (χ4v) is 3.59. The van der Waals surface area contributed by atoms with Crippen LogP contribution in [0.2, 0.25) is 0 Å². The Morgan fingerprint density at radius 1 is 0.875 bits per heavy atom. The van der Waals surface area contributed by atoms with Crippen molar-refractivity contribution in [2.24, 2.45) is 0 Å². The number of hydrogen-bond donors (Lipinski definition) is 2. The lowest BCUT2D eigenvalue weighted by Gasteiger charge is -2.36. The third-order valence-electron chi connectivity index (χ3n) is 5.37. The van der Waals surface area contributed by atoms with Crippen LogP contribution in [0.5, 0.6) is 17.2 Å². The number of methoxy groups -OCH3 is 3. The van der Waals surface area contributed by atoms with Gasteiger partial charge in [-0.05, 0) is 24.3 Å². The molecule has 0 atom stereocenters. The summed E-state index contributed by atoms with van der Waals surface area (Å²) in [7, 11) is 4.70. The lowest BCUT2D eigenvalue weighted by Crippen LogP contribution is -2.49. The normalized spacial score (nSPS) is 13.9. The molecule has 2 aromatic carbocycles. The van der Waals surface area contributed by atoms with Gasteiger partial charge in [0.2, 0.25) is 0 Å². The highest BCUT2D eigenvalue weighted by molar-refractivity contribution is 6.39. The van der Waals surface area contributed by atoms with Crippen molar-refractivity contribution in [3.05, 3.63) is 42.5 Å². The molecule has 0 aromatic heterocycles. The average molecular weight is 443 g/mol. The number of nitrogens with one attached hydrogen (secondary N) is 2. The minimum atomic E-state index is -0.741. The van der Waals surface area contributed by atoms with Gasteiger partial charge in [-0.1, -0.05) is 12.1 Å². The molecule has 0 unspecified atom stereocenters. The van der Waals surface area contributed by atoms with E-state index in [1.807, 2.05) is 18.2 Å². The van der Waals surface area contributed by atoms with Crippen LogP contribution in [-0.2, 0) is 9.59 Å².